The third-order valence-electron chi connectivity index (χ3n) is 9.12. The number of anilines is 3. The number of nitrogens with zero attached hydrogens (tertiary/aromatic N) is 7. The van der Waals surface area contributed by atoms with Gasteiger partial charge in [-0.15, -0.1) is 5.10 Å². The second-order valence-electron chi connectivity index (χ2n) is 12.2. The number of halogens is 3. The lowest BCUT2D eigenvalue weighted by molar-refractivity contribution is -0.247. The molecule has 1 unspecified atom stereocenters. The van der Waals surface area contributed by atoms with E-state index >= 15 is 0 Å². The van der Waals surface area contributed by atoms with Gasteiger partial charge in [-0.2, -0.15) is 13.2 Å². The molecule has 1 N–H and O–H groups in total. The maximum atomic E-state index is 14.6. The highest BCUT2D eigenvalue weighted by atomic mass is 32.2. The van der Waals surface area contributed by atoms with Crippen LogP contribution >= 0.6 is 0 Å². The number of fused-ring (bicyclic) bond motifs is 6. The van der Waals surface area contributed by atoms with Crippen LogP contribution in [0.1, 0.15) is 38.5 Å². The van der Waals surface area contributed by atoms with Crippen LogP contribution in [0.15, 0.2) is 36.7 Å². The maximum absolute atomic E-state index is 14.6. The number of hydrogen-bond donors (Lipinski definition) is 1. The number of nitrogens with one attached hydrogen (secondary N) is 1. The van der Waals surface area contributed by atoms with Crippen molar-refractivity contribution < 1.29 is 31.1 Å². The molecule has 45 heavy (non-hydrogen) atoms. The number of benzene rings is 1. The van der Waals surface area contributed by atoms with Crippen molar-refractivity contribution >= 4 is 27.3 Å². The Bertz CT molecular complexity index is 1640. The predicted octanol–water partition coefficient (Wildman–Crippen LogP) is 3.79. The van der Waals surface area contributed by atoms with Crippen molar-refractivity contribution in [1.29, 1.82) is 0 Å². The largest absolute Gasteiger partial charge is 0.396 e. The van der Waals surface area contributed by atoms with E-state index in [-0.39, 0.29) is 38.6 Å². The number of piperidine rings is 1. The van der Waals surface area contributed by atoms with Crippen LogP contribution in [0.2, 0.25) is 0 Å². The van der Waals surface area contributed by atoms with Crippen molar-refractivity contribution in [3.8, 4) is 17.1 Å². The molecule has 8 bridgehead atoms. The number of rotatable bonds is 3. The molecule has 3 aromatic rings. The van der Waals surface area contributed by atoms with Crippen molar-refractivity contribution in [2.24, 2.45) is 5.41 Å². The smallest absolute Gasteiger partial charge is 0.381 e. The molecule has 0 radical (unpaired) electrons. The summed E-state index contributed by atoms with van der Waals surface area (Å²) in [6.07, 6.45) is 0.903. The molecule has 242 valence electrons. The van der Waals surface area contributed by atoms with Gasteiger partial charge >= 0.3 is 6.18 Å². The third kappa shape index (κ3) is 6.19. The van der Waals surface area contributed by atoms with Gasteiger partial charge in [0.05, 0.1) is 58.9 Å². The van der Waals surface area contributed by atoms with E-state index in [1.807, 2.05) is 9.80 Å². The quantitative estimate of drug-likeness (QED) is 0.448. The molecule has 2 saturated heterocycles. The Morgan fingerprint density at radius 2 is 1.80 bits per heavy atom. The molecule has 1 atom stereocenters. The van der Waals surface area contributed by atoms with Crippen LogP contribution in [-0.2, 0) is 19.5 Å². The molecule has 0 amide bonds. The topological polar surface area (TPSA) is 128 Å². The predicted molar refractivity (Wildman–Crippen MR) is 160 cm³/mol. The van der Waals surface area contributed by atoms with Crippen molar-refractivity contribution in [2.45, 2.75) is 56.1 Å². The molecular formula is C29H35F3N8O4S. The van der Waals surface area contributed by atoms with Crippen LogP contribution in [0, 0.1) is 5.41 Å². The average Bonchev–Trinajstić information content (AvgIpc) is 3.79. The minimum atomic E-state index is -4.44. The van der Waals surface area contributed by atoms with Gasteiger partial charge in [-0.3, -0.25) is 4.72 Å². The van der Waals surface area contributed by atoms with Crippen molar-refractivity contribution in [3.63, 3.8) is 0 Å². The lowest BCUT2D eigenvalue weighted by Gasteiger charge is -2.43. The molecule has 2 aromatic heterocycles. The highest BCUT2D eigenvalue weighted by Crippen LogP contribution is 2.48. The molecule has 5 aliphatic rings. The first-order valence-electron chi connectivity index (χ1n) is 15.3. The van der Waals surface area contributed by atoms with E-state index in [2.05, 4.69) is 20.0 Å². The third-order valence-corrected chi connectivity index (χ3v) is 11.0. The van der Waals surface area contributed by atoms with Gasteiger partial charge < -0.3 is 19.3 Å². The van der Waals surface area contributed by atoms with Gasteiger partial charge in [-0.1, -0.05) is 5.21 Å². The molecule has 3 fully saturated rings. The summed E-state index contributed by atoms with van der Waals surface area (Å²) < 4.78 is 84.9. The van der Waals surface area contributed by atoms with E-state index in [0.717, 1.165) is 0 Å². The fraction of sp³-hybridized carbons (Fsp3) is 0.586. The molecule has 0 spiro atoms. The highest BCUT2D eigenvalue weighted by molar-refractivity contribution is 7.93. The molecule has 1 aliphatic carbocycles. The number of ether oxygens (including phenoxy) is 2. The SMILES string of the molecule is O=S(=O)(Nc1ccc2c(c1)N1CCC(C(F)(F)F)(CC1)COCCCC1CN(CCO1)c1nccc(n1)-c1cn-2nn1)C1CC1. The van der Waals surface area contributed by atoms with Crippen LogP contribution in [0.25, 0.3) is 17.1 Å². The van der Waals surface area contributed by atoms with E-state index in [9.17, 15) is 21.6 Å². The van der Waals surface area contributed by atoms with Crippen molar-refractivity contribution in [2.75, 3.05) is 60.5 Å². The zero-order valence-electron chi connectivity index (χ0n) is 24.6. The van der Waals surface area contributed by atoms with E-state index in [1.165, 1.54) is 0 Å². The van der Waals surface area contributed by atoms with Crippen molar-refractivity contribution in [3.05, 3.63) is 36.7 Å². The van der Waals surface area contributed by atoms with Crippen LogP contribution in [-0.4, -0.2) is 96.9 Å². The van der Waals surface area contributed by atoms with Crippen LogP contribution in [0.4, 0.5) is 30.5 Å². The molecule has 8 rings (SSSR count). The lowest BCUT2D eigenvalue weighted by Crippen LogP contribution is -2.51. The summed E-state index contributed by atoms with van der Waals surface area (Å²) in [6.45, 7) is 1.62. The Balaban J connectivity index is 1.27. The Kier molecular flexibility index (Phi) is 7.84. The van der Waals surface area contributed by atoms with Gasteiger partial charge in [0.15, 0.2) is 0 Å². The molecule has 1 saturated carbocycles. The second-order valence-corrected chi connectivity index (χ2v) is 14.2. The number of alkyl halides is 3. The lowest BCUT2D eigenvalue weighted by atomic mass is 9.78. The first-order chi connectivity index (χ1) is 21.6. The standard InChI is InChI=1S/C29H35F3N8O4S/c30-29(31,32)28-8-11-38(12-9-28)26-16-20(36-45(41,42)22-4-5-22)3-6-25(26)40-18-24(35-37-40)23-7-10-33-27(34-23)39-13-15-44-21(17-39)2-1-14-43-19-28/h3,6-7,10,16,18,21-22,36H,1-2,4-5,8-9,11-15,17,19H2. The molecule has 1 aromatic carbocycles. The summed E-state index contributed by atoms with van der Waals surface area (Å²) in [5.41, 5.74) is 0.536. The van der Waals surface area contributed by atoms with Gasteiger partial charge in [0.1, 0.15) is 5.69 Å². The fourth-order valence-electron chi connectivity index (χ4n) is 6.24. The van der Waals surface area contributed by atoms with E-state index in [0.29, 0.717) is 79.8 Å². The summed E-state index contributed by atoms with van der Waals surface area (Å²) in [5, 5.41) is 8.27. The van der Waals surface area contributed by atoms with E-state index in [4.69, 9.17) is 14.5 Å². The first kappa shape index (κ1) is 30.2. The van der Waals surface area contributed by atoms with Crippen LogP contribution in [0.5, 0.6) is 0 Å². The first-order valence-corrected chi connectivity index (χ1v) is 16.8. The monoisotopic (exact) mass is 648 g/mol. The van der Waals surface area contributed by atoms with Crippen LogP contribution in [0.3, 0.4) is 0 Å². The molecular weight excluding hydrogens is 613 g/mol. The molecule has 16 heteroatoms. The van der Waals surface area contributed by atoms with Gasteiger partial charge in [-0.25, -0.2) is 23.1 Å². The number of sulfonamides is 1. The van der Waals surface area contributed by atoms with Gasteiger partial charge in [0.2, 0.25) is 16.0 Å². The normalized spacial score (nSPS) is 24.6. The highest BCUT2D eigenvalue weighted by Gasteiger charge is 2.56. The molecule has 6 heterocycles. The maximum Gasteiger partial charge on any atom is 0.396 e. The number of morpholine rings is 1. The average molecular weight is 649 g/mol. The van der Waals surface area contributed by atoms with Gasteiger partial charge in [0, 0.05) is 39.0 Å². The zero-order chi connectivity index (χ0) is 31.2. The Morgan fingerprint density at radius 3 is 2.58 bits per heavy atom. The van der Waals surface area contributed by atoms with Crippen LogP contribution < -0.4 is 14.5 Å². The summed E-state index contributed by atoms with van der Waals surface area (Å²) in [5.74, 6) is 0.532. The number of aromatic nitrogens is 5. The Labute approximate surface area is 259 Å². The summed E-state index contributed by atoms with van der Waals surface area (Å²) in [4.78, 5) is 13.1. The Hall–Kier alpha value is -3.50. The number of hydrogen-bond acceptors (Lipinski definition) is 10. The summed E-state index contributed by atoms with van der Waals surface area (Å²) in [6, 6.07) is 6.75. The fourth-order valence-corrected chi connectivity index (χ4v) is 7.62. The Morgan fingerprint density at radius 1 is 0.978 bits per heavy atom. The minimum Gasteiger partial charge on any atom is -0.381 e. The van der Waals surface area contributed by atoms with Gasteiger partial charge in [0.25, 0.3) is 0 Å². The summed E-state index contributed by atoms with van der Waals surface area (Å²) in [7, 11) is -3.55. The van der Waals surface area contributed by atoms with Crippen molar-refractivity contribution in [1.82, 2.24) is 25.0 Å². The summed E-state index contributed by atoms with van der Waals surface area (Å²) >= 11 is 0. The van der Waals surface area contributed by atoms with E-state index < -0.39 is 33.5 Å². The van der Waals surface area contributed by atoms with Gasteiger partial charge in [-0.05, 0) is 62.8 Å². The molecule has 4 aliphatic heterocycles. The van der Waals surface area contributed by atoms with E-state index in [1.54, 1.807) is 41.3 Å². The second kappa shape index (κ2) is 11.7. The zero-order valence-corrected chi connectivity index (χ0v) is 25.4. The molecule has 12 nitrogen and oxygen atoms in total. The minimum absolute atomic E-state index is 0.0945.